The van der Waals surface area contributed by atoms with E-state index in [1.54, 1.807) is 7.05 Å². The lowest BCUT2D eigenvalue weighted by Crippen LogP contribution is -2.52. The van der Waals surface area contributed by atoms with Crippen molar-refractivity contribution in [3.8, 4) is 5.75 Å². The topological polar surface area (TPSA) is 99.8 Å². The van der Waals surface area contributed by atoms with Gasteiger partial charge in [-0.3, -0.25) is 14.4 Å². The van der Waals surface area contributed by atoms with E-state index in [1.165, 1.54) is 10.5 Å². The minimum absolute atomic E-state index is 0.0927. The van der Waals surface area contributed by atoms with Crippen molar-refractivity contribution in [2.45, 2.75) is 46.1 Å². The molecule has 2 aromatic carbocycles. The van der Waals surface area contributed by atoms with Gasteiger partial charge in [-0.25, -0.2) is 0 Å². The molecule has 8 nitrogen and oxygen atoms in total. The van der Waals surface area contributed by atoms with Crippen molar-refractivity contribution in [3.05, 3.63) is 64.7 Å². The minimum Gasteiger partial charge on any atom is -0.492 e. The van der Waals surface area contributed by atoms with E-state index in [1.807, 2.05) is 69.3 Å². The summed E-state index contributed by atoms with van der Waals surface area (Å²) in [7, 11) is 1.60. The molecule has 3 amide bonds. The maximum absolute atomic E-state index is 12.9. The molecule has 3 rings (SSSR count). The standard InChI is InChI=1S/C22H34N4O4.C7H7Cl/c1-4-16(2)21-22(29)26(3)15-20(28)25-14-19(27)23-11-7-9-17-8-5-6-10-18(17)30-13-12-24-21;1-6-2-4-7(8)5-3-6/h5-6,8,10,16,21,24H,4,7,9,11-15H2,1-3H3,(H,23,27)(H,25,28);2-5H,1H3. The zero-order valence-electron chi connectivity index (χ0n) is 22.9. The van der Waals surface area contributed by atoms with E-state index in [4.69, 9.17) is 16.3 Å². The number of nitrogens with zero attached hydrogens (tertiary/aromatic N) is 1. The highest BCUT2D eigenvalue weighted by Gasteiger charge is 2.27. The Bertz CT molecular complexity index is 1010. The normalized spacial score (nSPS) is 18.8. The molecule has 1 aliphatic rings. The van der Waals surface area contributed by atoms with E-state index >= 15 is 0 Å². The number of likely N-dealkylation sites (N-methyl/N-ethyl adjacent to an activating group) is 1. The summed E-state index contributed by atoms with van der Waals surface area (Å²) < 4.78 is 5.96. The average molecular weight is 545 g/mol. The van der Waals surface area contributed by atoms with Gasteiger partial charge in [-0.1, -0.05) is 67.8 Å². The molecule has 2 atom stereocenters. The Morgan fingerprint density at radius 3 is 2.42 bits per heavy atom. The van der Waals surface area contributed by atoms with Crippen molar-refractivity contribution in [1.82, 2.24) is 20.9 Å². The summed E-state index contributed by atoms with van der Waals surface area (Å²) in [5.74, 6) is 0.170. The summed E-state index contributed by atoms with van der Waals surface area (Å²) in [4.78, 5) is 38.4. The number of fused-ring (bicyclic) bond motifs is 1. The third-order valence-corrected chi connectivity index (χ3v) is 6.59. The first kappa shape index (κ1) is 31.1. The van der Waals surface area contributed by atoms with Crippen LogP contribution in [-0.4, -0.2) is 68.5 Å². The number of amides is 3. The molecule has 0 saturated carbocycles. The number of carbonyl (C=O) groups is 3. The van der Waals surface area contributed by atoms with Gasteiger partial charge in [0.15, 0.2) is 0 Å². The smallest absolute Gasteiger partial charge is 0.240 e. The molecular formula is C29H41ClN4O4. The Morgan fingerprint density at radius 1 is 1.03 bits per heavy atom. The Hall–Kier alpha value is -3.10. The summed E-state index contributed by atoms with van der Waals surface area (Å²) >= 11 is 5.61. The number of halogens is 1. The van der Waals surface area contributed by atoms with Crippen LogP contribution in [0.5, 0.6) is 5.75 Å². The maximum Gasteiger partial charge on any atom is 0.240 e. The van der Waals surface area contributed by atoms with Crippen LogP contribution < -0.4 is 20.7 Å². The average Bonchev–Trinajstić information content (AvgIpc) is 2.91. The second-order valence-electron chi connectivity index (χ2n) is 9.49. The predicted octanol–water partition coefficient (Wildman–Crippen LogP) is 3.36. The van der Waals surface area contributed by atoms with E-state index in [0.29, 0.717) is 19.7 Å². The second-order valence-corrected chi connectivity index (χ2v) is 9.93. The Kier molecular flexibility index (Phi) is 13.7. The number of benzene rings is 2. The first-order valence-corrected chi connectivity index (χ1v) is 13.5. The van der Waals surface area contributed by atoms with Crippen LogP contribution in [0.1, 0.15) is 37.8 Å². The van der Waals surface area contributed by atoms with Crippen molar-refractivity contribution in [2.75, 3.05) is 39.8 Å². The lowest BCUT2D eigenvalue weighted by molar-refractivity contribution is -0.137. The van der Waals surface area contributed by atoms with Crippen LogP contribution in [0, 0.1) is 12.8 Å². The molecule has 0 aliphatic carbocycles. The zero-order chi connectivity index (χ0) is 27.9. The highest BCUT2D eigenvalue weighted by Crippen LogP contribution is 2.19. The number of aryl methyl sites for hydroxylation is 2. The quantitative estimate of drug-likeness (QED) is 0.538. The Balaban J connectivity index is 0.000000538. The van der Waals surface area contributed by atoms with Crippen LogP contribution in [-0.2, 0) is 20.8 Å². The van der Waals surface area contributed by atoms with Crippen LogP contribution in [0.3, 0.4) is 0 Å². The van der Waals surface area contributed by atoms with Crippen molar-refractivity contribution in [1.29, 1.82) is 0 Å². The molecule has 0 fully saturated rings. The van der Waals surface area contributed by atoms with E-state index < -0.39 is 6.04 Å². The van der Waals surface area contributed by atoms with E-state index in [2.05, 4.69) is 16.0 Å². The first-order chi connectivity index (χ1) is 18.2. The fourth-order valence-corrected chi connectivity index (χ4v) is 3.99. The molecule has 9 heteroatoms. The van der Waals surface area contributed by atoms with Gasteiger partial charge in [-0.05, 0) is 49.4 Å². The predicted molar refractivity (Wildman–Crippen MR) is 151 cm³/mol. The van der Waals surface area contributed by atoms with Crippen LogP contribution in [0.25, 0.3) is 0 Å². The summed E-state index contributed by atoms with van der Waals surface area (Å²) in [6.07, 6.45) is 2.37. The van der Waals surface area contributed by atoms with Crippen molar-refractivity contribution < 1.29 is 19.1 Å². The largest absolute Gasteiger partial charge is 0.492 e. The Morgan fingerprint density at radius 2 is 1.74 bits per heavy atom. The fourth-order valence-electron chi connectivity index (χ4n) is 3.86. The van der Waals surface area contributed by atoms with Crippen LogP contribution in [0.15, 0.2) is 48.5 Å². The first-order valence-electron chi connectivity index (χ1n) is 13.2. The zero-order valence-corrected chi connectivity index (χ0v) is 23.6. The van der Waals surface area contributed by atoms with Crippen molar-refractivity contribution in [3.63, 3.8) is 0 Å². The van der Waals surface area contributed by atoms with Crippen molar-refractivity contribution >= 4 is 29.3 Å². The van der Waals surface area contributed by atoms with Gasteiger partial charge in [0.25, 0.3) is 0 Å². The second kappa shape index (κ2) is 16.7. The van der Waals surface area contributed by atoms with Gasteiger partial charge in [0.2, 0.25) is 17.7 Å². The van der Waals surface area contributed by atoms with E-state index in [0.717, 1.165) is 35.6 Å². The molecule has 0 saturated heterocycles. The summed E-state index contributed by atoms with van der Waals surface area (Å²) in [5.41, 5.74) is 2.32. The summed E-state index contributed by atoms with van der Waals surface area (Å²) in [6.45, 7) is 7.34. The van der Waals surface area contributed by atoms with Crippen LogP contribution in [0.4, 0.5) is 0 Å². The molecule has 2 aromatic rings. The molecule has 0 aromatic heterocycles. The summed E-state index contributed by atoms with van der Waals surface area (Å²) in [6, 6.07) is 15.2. The molecule has 0 spiro atoms. The summed E-state index contributed by atoms with van der Waals surface area (Å²) in [5, 5.41) is 9.48. The number of hydrogen-bond donors (Lipinski definition) is 3. The number of hydrogen-bond acceptors (Lipinski definition) is 5. The lowest BCUT2D eigenvalue weighted by atomic mass is 9.98. The van der Waals surface area contributed by atoms with Gasteiger partial charge in [0, 0.05) is 25.2 Å². The highest BCUT2D eigenvalue weighted by atomic mass is 35.5. The third-order valence-electron chi connectivity index (χ3n) is 6.33. The molecule has 2 unspecified atom stereocenters. The molecule has 0 radical (unpaired) electrons. The van der Waals surface area contributed by atoms with Crippen LogP contribution in [0.2, 0.25) is 5.02 Å². The number of para-hydroxylation sites is 1. The number of carbonyl (C=O) groups excluding carboxylic acids is 3. The van der Waals surface area contributed by atoms with Gasteiger partial charge >= 0.3 is 0 Å². The van der Waals surface area contributed by atoms with E-state index in [-0.39, 0.29) is 36.7 Å². The minimum atomic E-state index is -0.408. The molecule has 1 heterocycles. The molecule has 0 bridgehead atoms. The third kappa shape index (κ3) is 11.1. The molecule has 208 valence electrons. The maximum atomic E-state index is 12.9. The molecule has 3 N–H and O–H groups in total. The molecular weight excluding hydrogens is 504 g/mol. The van der Waals surface area contributed by atoms with E-state index in [9.17, 15) is 14.4 Å². The van der Waals surface area contributed by atoms with Gasteiger partial charge in [0.1, 0.15) is 12.4 Å². The van der Waals surface area contributed by atoms with Gasteiger partial charge in [-0.2, -0.15) is 0 Å². The fraction of sp³-hybridized carbons (Fsp3) is 0.483. The Labute approximate surface area is 231 Å². The monoisotopic (exact) mass is 544 g/mol. The number of nitrogens with one attached hydrogen (secondary N) is 3. The van der Waals surface area contributed by atoms with Crippen molar-refractivity contribution in [2.24, 2.45) is 5.92 Å². The molecule has 1 aliphatic heterocycles. The van der Waals surface area contributed by atoms with Crippen LogP contribution >= 0.6 is 11.6 Å². The molecule has 38 heavy (non-hydrogen) atoms. The number of ether oxygens (including phenoxy) is 1. The SMILES string of the molecule is CCC(C)C1NCCOc2ccccc2CCCNC(=O)CNC(=O)CN(C)C1=O.Cc1ccc(Cl)cc1. The highest BCUT2D eigenvalue weighted by molar-refractivity contribution is 6.30. The van der Waals surface area contributed by atoms with Gasteiger partial charge in [-0.15, -0.1) is 0 Å². The van der Waals surface area contributed by atoms with Gasteiger partial charge in [0.05, 0.1) is 19.1 Å². The van der Waals surface area contributed by atoms with Gasteiger partial charge < -0.3 is 25.6 Å². The number of rotatable bonds is 2. The lowest BCUT2D eigenvalue weighted by Gasteiger charge is -2.28.